The Bertz CT molecular complexity index is 1320. The minimum atomic E-state index is -1.43. The fourth-order valence-electron chi connectivity index (χ4n) is 4.64. The highest BCUT2D eigenvalue weighted by molar-refractivity contribution is 8.14. The van der Waals surface area contributed by atoms with Crippen LogP contribution in [0.4, 0.5) is 26.2 Å². The molecule has 1 unspecified atom stereocenters. The second-order valence-corrected chi connectivity index (χ2v) is 10.6. The fourth-order valence-corrected chi connectivity index (χ4v) is 5.49. The van der Waals surface area contributed by atoms with Gasteiger partial charge in [0.25, 0.3) is 0 Å². The van der Waals surface area contributed by atoms with E-state index in [-0.39, 0.29) is 28.1 Å². The number of aromatic nitrogens is 4. The van der Waals surface area contributed by atoms with Gasteiger partial charge >= 0.3 is 0 Å². The van der Waals surface area contributed by atoms with Crippen LogP contribution in [0.25, 0.3) is 11.3 Å². The van der Waals surface area contributed by atoms with Crippen LogP contribution >= 0.6 is 11.8 Å². The van der Waals surface area contributed by atoms with Crippen molar-refractivity contribution in [3.63, 3.8) is 0 Å². The minimum Gasteiger partial charge on any atom is -0.366 e. The Hall–Kier alpha value is -3.22. The van der Waals surface area contributed by atoms with Gasteiger partial charge in [0.2, 0.25) is 11.1 Å². The number of likely N-dealkylation sites (tertiary alicyclic amines) is 1. The summed E-state index contributed by atoms with van der Waals surface area (Å²) in [5.41, 5.74) is 1.24. The first kappa shape index (κ1) is 25.4. The average molecular weight is 528 g/mol. The van der Waals surface area contributed by atoms with Crippen molar-refractivity contribution in [2.75, 3.05) is 30.4 Å². The lowest BCUT2D eigenvalue weighted by Gasteiger charge is -2.37. The molecular weight excluding hydrogens is 500 g/mol. The van der Waals surface area contributed by atoms with Gasteiger partial charge in [-0.05, 0) is 82.9 Å². The number of carbonyl (C=O) groups is 1. The smallest absolute Gasteiger partial charge is 0.243 e. The van der Waals surface area contributed by atoms with Crippen molar-refractivity contribution in [3.8, 4) is 11.3 Å². The van der Waals surface area contributed by atoms with Gasteiger partial charge in [-0.15, -0.1) is 5.10 Å². The molecule has 5 rings (SSSR count). The van der Waals surface area contributed by atoms with E-state index in [2.05, 4.69) is 37.4 Å². The molecule has 0 radical (unpaired) electrons. The van der Waals surface area contributed by atoms with E-state index in [1.807, 2.05) is 6.07 Å². The molecule has 1 atom stereocenters. The molecule has 0 amide bonds. The van der Waals surface area contributed by atoms with Crippen molar-refractivity contribution < 1.29 is 18.7 Å². The first-order chi connectivity index (χ1) is 17.7. The van der Waals surface area contributed by atoms with E-state index in [0.717, 1.165) is 43.9 Å². The Morgan fingerprint density at radius 3 is 2.57 bits per heavy atom. The van der Waals surface area contributed by atoms with Crippen molar-refractivity contribution in [1.29, 1.82) is 0 Å². The minimum absolute atomic E-state index is 0.0705. The standard InChI is InChI=1S/C25H27F2N7O2S/c1-13(2)34-19-11-15(10-16(26)22(19)37-24(36)23(34)35)21-17(27)12-28-25(30-21)29-20-5-4-18(31-32-20)14-6-8-33(3)9-7-14/h4-5,10-14,23,35H,6-9H2,1-3H3,(H,28,29,30,32). The van der Waals surface area contributed by atoms with E-state index in [9.17, 15) is 14.3 Å². The SMILES string of the molecule is CC(C)N1c2cc(-c3nc(Nc4ccc(C5CCN(C)CC5)nn4)ncc3F)cc(F)c2SC(=O)C1O. The van der Waals surface area contributed by atoms with Crippen molar-refractivity contribution in [1.82, 2.24) is 25.1 Å². The first-order valence-electron chi connectivity index (χ1n) is 12.0. The zero-order valence-electron chi connectivity index (χ0n) is 20.7. The highest BCUT2D eigenvalue weighted by Crippen LogP contribution is 2.43. The topological polar surface area (TPSA) is 107 Å². The third-order valence-electron chi connectivity index (χ3n) is 6.61. The molecule has 2 N–H and O–H groups in total. The van der Waals surface area contributed by atoms with Crippen molar-refractivity contribution in [2.45, 2.75) is 49.8 Å². The van der Waals surface area contributed by atoms with Crippen LogP contribution in [-0.2, 0) is 4.79 Å². The molecule has 0 saturated carbocycles. The zero-order valence-corrected chi connectivity index (χ0v) is 21.5. The molecule has 37 heavy (non-hydrogen) atoms. The summed E-state index contributed by atoms with van der Waals surface area (Å²) in [5.74, 6) is -0.616. The zero-order chi connectivity index (χ0) is 26.3. The monoisotopic (exact) mass is 527 g/mol. The van der Waals surface area contributed by atoms with Gasteiger partial charge in [0.1, 0.15) is 11.5 Å². The van der Waals surface area contributed by atoms with Crippen LogP contribution in [0.3, 0.4) is 0 Å². The molecule has 2 aliphatic heterocycles. The molecule has 3 aromatic rings. The summed E-state index contributed by atoms with van der Waals surface area (Å²) >= 11 is 0.630. The van der Waals surface area contributed by atoms with Crippen LogP contribution in [0.1, 0.15) is 38.3 Å². The summed E-state index contributed by atoms with van der Waals surface area (Å²) < 4.78 is 29.9. The number of aliphatic hydroxyl groups excluding tert-OH is 1. The predicted octanol–water partition coefficient (Wildman–Crippen LogP) is 3.93. The molecule has 0 aliphatic carbocycles. The number of carbonyl (C=O) groups excluding carboxylic acids is 1. The average Bonchev–Trinajstić information content (AvgIpc) is 2.87. The number of halogens is 2. The van der Waals surface area contributed by atoms with Crippen molar-refractivity contribution in [2.24, 2.45) is 0 Å². The number of nitrogens with zero attached hydrogens (tertiary/aromatic N) is 6. The number of piperidine rings is 1. The number of hydrogen-bond acceptors (Lipinski definition) is 10. The predicted molar refractivity (Wildman–Crippen MR) is 137 cm³/mol. The van der Waals surface area contributed by atoms with E-state index >= 15 is 4.39 Å². The van der Waals surface area contributed by atoms with Crippen LogP contribution in [0.2, 0.25) is 0 Å². The van der Waals surface area contributed by atoms with Crippen LogP contribution in [0.5, 0.6) is 0 Å². The maximum absolute atomic E-state index is 15.1. The molecule has 2 aromatic heterocycles. The summed E-state index contributed by atoms with van der Waals surface area (Å²) in [6.45, 7) is 5.58. The second-order valence-electron chi connectivity index (χ2n) is 9.54. The van der Waals surface area contributed by atoms with Crippen molar-refractivity contribution >= 4 is 34.3 Å². The van der Waals surface area contributed by atoms with Crippen LogP contribution < -0.4 is 10.2 Å². The quantitative estimate of drug-likeness (QED) is 0.507. The highest BCUT2D eigenvalue weighted by Gasteiger charge is 2.36. The molecule has 1 saturated heterocycles. The van der Waals surface area contributed by atoms with E-state index < -0.39 is 23.0 Å². The number of fused-ring (bicyclic) bond motifs is 1. The third-order valence-corrected chi connectivity index (χ3v) is 7.64. The van der Waals surface area contributed by atoms with Gasteiger partial charge in [-0.2, -0.15) is 5.10 Å². The number of benzene rings is 1. The molecule has 1 fully saturated rings. The highest BCUT2D eigenvalue weighted by atomic mass is 32.2. The summed E-state index contributed by atoms with van der Waals surface area (Å²) in [6.07, 6.45) is 1.61. The number of nitrogens with one attached hydrogen (secondary N) is 1. The van der Waals surface area contributed by atoms with Gasteiger partial charge in [0.15, 0.2) is 17.9 Å². The maximum Gasteiger partial charge on any atom is 0.243 e. The lowest BCUT2D eigenvalue weighted by molar-refractivity contribution is -0.118. The Labute approximate surface area is 217 Å². The fraction of sp³-hybridized carbons (Fsp3) is 0.400. The molecule has 2 aliphatic rings. The summed E-state index contributed by atoms with van der Waals surface area (Å²) in [5, 5.41) is 21.3. The van der Waals surface area contributed by atoms with Crippen LogP contribution in [-0.4, -0.2) is 67.7 Å². The summed E-state index contributed by atoms with van der Waals surface area (Å²) in [4.78, 5) is 24.2. The lowest BCUT2D eigenvalue weighted by Crippen LogP contribution is -2.47. The van der Waals surface area contributed by atoms with Gasteiger partial charge in [-0.3, -0.25) is 4.79 Å². The normalized spacial score (nSPS) is 18.8. The molecule has 0 bridgehead atoms. The number of aliphatic hydroxyl groups is 1. The summed E-state index contributed by atoms with van der Waals surface area (Å²) in [7, 11) is 2.11. The molecular formula is C25H27F2N7O2S. The number of thioether (sulfide) groups is 1. The maximum atomic E-state index is 15.1. The second kappa shape index (κ2) is 10.3. The summed E-state index contributed by atoms with van der Waals surface area (Å²) in [6, 6.07) is 6.03. The van der Waals surface area contributed by atoms with Gasteiger partial charge in [-0.25, -0.2) is 18.7 Å². The van der Waals surface area contributed by atoms with E-state index in [1.54, 1.807) is 19.9 Å². The van der Waals surface area contributed by atoms with E-state index in [0.29, 0.717) is 29.2 Å². The largest absolute Gasteiger partial charge is 0.366 e. The first-order valence-corrected chi connectivity index (χ1v) is 12.9. The molecule has 12 heteroatoms. The van der Waals surface area contributed by atoms with Crippen LogP contribution in [0.15, 0.2) is 35.4 Å². The van der Waals surface area contributed by atoms with E-state index in [1.165, 1.54) is 11.0 Å². The number of rotatable bonds is 5. The van der Waals surface area contributed by atoms with Crippen molar-refractivity contribution in [3.05, 3.63) is 47.8 Å². The van der Waals surface area contributed by atoms with Gasteiger partial charge in [0, 0.05) is 17.5 Å². The lowest BCUT2D eigenvalue weighted by atomic mass is 9.94. The molecule has 4 heterocycles. The Kier molecular flexibility index (Phi) is 7.06. The molecule has 9 nitrogen and oxygen atoms in total. The Morgan fingerprint density at radius 1 is 1.14 bits per heavy atom. The molecule has 1 aromatic carbocycles. The molecule has 0 spiro atoms. The number of hydrogen-bond donors (Lipinski definition) is 2. The van der Waals surface area contributed by atoms with Gasteiger partial charge < -0.3 is 20.2 Å². The van der Waals surface area contributed by atoms with Gasteiger partial charge in [-0.1, -0.05) is 0 Å². The third kappa shape index (κ3) is 5.13. The van der Waals surface area contributed by atoms with Gasteiger partial charge in [0.05, 0.1) is 22.5 Å². The van der Waals surface area contributed by atoms with Crippen LogP contribution in [0, 0.1) is 11.6 Å². The Balaban J connectivity index is 1.42. The van der Waals surface area contributed by atoms with E-state index in [4.69, 9.17) is 0 Å². The number of anilines is 3. The molecule has 194 valence electrons. The Morgan fingerprint density at radius 2 is 1.89 bits per heavy atom.